The van der Waals surface area contributed by atoms with Crippen LogP contribution in [0.2, 0.25) is 5.02 Å². The van der Waals surface area contributed by atoms with Crippen molar-refractivity contribution in [3.05, 3.63) is 64.2 Å². The fourth-order valence-electron chi connectivity index (χ4n) is 2.48. The Labute approximate surface area is 153 Å². The van der Waals surface area contributed by atoms with Crippen LogP contribution < -0.4 is 9.47 Å². The molecule has 25 heavy (non-hydrogen) atoms. The van der Waals surface area contributed by atoms with Crippen molar-refractivity contribution in [2.24, 2.45) is 0 Å². The van der Waals surface area contributed by atoms with E-state index in [0.29, 0.717) is 17.3 Å². The normalized spacial score (nSPS) is 10.8. The van der Waals surface area contributed by atoms with Crippen LogP contribution >= 0.6 is 11.6 Å². The number of nitrogens with zero attached hydrogens (tertiary/aromatic N) is 1. The van der Waals surface area contributed by atoms with Gasteiger partial charge < -0.3 is 14.4 Å². The molecule has 132 valence electrons. The van der Waals surface area contributed by atoms with E-state index in [1.165, 1.54) is 6.08 Å². The Hall–Kier alpha value is -2.46. The van der Waals surface area contributed by atoms with E-state index in [9.17, 15) is 4.79 Å². The predicted molar refractivity (Wildman–Crippen MR) is 101 cm³/mol. The van der Waals surface area contributed by atoms with Gasteiger partial charge in [0.25, 0.3) is 0 Å². The van der Waals surface area contributed by atoms with Crippen LogP contribution in [0.25, 0.3) is 6.08 Å². The van der Waals surface area contributed by atoms with Gasteiger partial charge in [0.05, 0.1) is 14.2 Å². The molecule has 0 saturated carbocycles. The number of aryl methyl sites for hydroxylation is 1. The van der Waals surface area contributed by atoms with E-state index < -0.39 is 0 Å². The SMILES string of the molecule is COc1ccc(C)cc1/C=C/C(=O)N(C)Cc1cc(Cl)ccc1OC. The van der Waals surface area contributed by atoms with Gasteiger partial charge in [-0.3, -0.25) is 4.79 Å². The Morgan fingerprint density at radius 3 is 2.48 bits per heavy atom. The molecule has 0 aliphatic rings. The number of likely N-dealkylation sites (N-methyl/N-ethyl adjacent to an activating group) is 1. The van der Waals surface area contributed by atoms with E-state index in [-0.39, 0.29) is 5.91 Å². The lowest BCUT2D eigenvalue weighted by Gasteiger charge is -2.17. The van der Waals surface area contributed by atoms with Crippen LogP contribution in [0.15, 0.2) is 42.5 Å². The summed E-state index contributed by atoms with van der Waals surface area (Å²) in [5, 5.41) is 0.608. The van der Waals surface area contributed by atoms with Gasteiger partial charge in [0.15, 0.2) is 0 Å². The minimum atomic E-state index is -0.120. The number of benzene rings is 2. The summed E-state index contributed by atoms with van der Waals surface area (Å²) in [6.07, 6.45) is 3.30. The standard InChI is InChI=1S/C20H22ClNO3/c1-14-5-8-18(24-3)15(11-14)6-10-20(23)22(2)13-16-12-17(21)7-9-19(16)25-4/h5-12H,13H2,1-4H3/b10-6+. The highest BCUT2D eigenvalue weighted by Crippen LogP contribution is 2.24. The largest absolute Gasteiger partial charge is 0.496 e. The first kappa shape index (κ1) is 18.9. The molecular weight excluding hydrogens is 338 g/mol. The van der Waals surface area contributed by atoms with Crippen LogP contribution in [0, 0.1) is 6.92 Å². The maximum atomic E-state index is 12.4. The number of hydrogen-bond acceptors (Lipinski definition) is 3. The minimum absolute atomic E-state index is 0.120. The highest BCUT2D eigenvalue weighted by Gasteiger charge is 2.11. The lowest BCUT2D eigenvalue weighted by atomic mass is 10.1. The van der Waals surface area contributed by atoms with Gasteiger partial charge in [-0.25, -0.2) is 0 Å². The van der Waals surface area contributed by atoms with Crippen molar-refractivity contribution >= 4 is 23.6 Å². The quantitative estimate of drug-likeness (QED) is 0.720. The third-order valence-corrected chi connectivity index (χ3v) is 4.05. The Balaban J connectivity index is 2.13. The highest BCUT2D eigenvalue weighted by atomic mass is 35.5. The molecule has 0 bridgehead atoms. The van der Waals surface area contributed by atoms with Gasteiger partial charge in [0.1, 0.15) is 11.5 Å². The Kier molecular flexibility index (Phi) is 6.48. The molecule has 0 atom stereocenters. The number of rotatable bonds is 6. The van der Waals surface area contributed by atoms with Gasteiger partial charge in [-0.05, 0) is 43.3 Å². The number of hydrogen-bond donors (Lipinski definition) is 0. The summed E-state index contributed by atoms with van der Waals surface area (Å²) in [4.78, 5) is 14.0. The van der Waals surface area contributed by atoms with E-state index >= 15 is 0 Å². The zero-order valence-corrected chi connectivity index (χ0v) is 15.6. The maximum Gasteiger partial charge on any atom is 0.246 e. The summed E-state index contributed by atoms with van der Waals surface area (Å²) >= 11 is 6.04. The number of amides is 1. The van der Waals surface area contributed by atoms with Gasteiger partial charge in [-0.15, -0.1) is 0 Å². The average Bonchev–Trinajstić information content (AvgIpc) is 2.60. The summed E-state index contributed by atoms with van der Waals surface area (Å²) in [5.74, 6) is 1.31. The molecule has 0 aromatic heterocycles. The van der Waals surface area contributed by atoms with Gasteiger partial charge >= 0.3 is 0 Å². The molecule has 0 saturated heterocycles. The zero-order chi connectivity index (χ0) is 18.4. The van der Waals surface area contributed by atoms with Crippen molar-refractivity contribution in [3.8, 4) is 11.5 Å². The number of carbonyl (C=O) groups is 1. The van der Waals surface area contributed by atoms with Crippen molar-refractivity contribution in [3.63, 3.8) is 0 Å². The van der Waals surface area contributed by atoms with Crippen molar-refractivity contribution in [2.45, 2.75) is 13.5 Å². The van der Waals surface area contributed by atoms with E-state index in [1.807, 2.05) is 25.1 Å². The van der Waals surface area contributed by atoms with Gasteiger partial charge in [0, 0.05) is 35.8 Å². The second kappa shape index (κ2) is 8.58. The van der Waals surface area contributed by atoms with Crippen molar-refractivity contribution < 1.29 is 14.3 Å². The maximum absolute atomic E-state index is 12.4. The molecule has 0 heterocycles. The van der Waals surface area contributed by atoms with Gasteiger partial charge in [-0.2, -0.15) is 0 Å². The zero-order valence-electron chi connectivity index (χ0n) is 14.9. The summed E-state index contributed by atoms with van der Waals surface area (Å²) in [6, 6.07) is 11.2. The monoisotopic (exact) mass is 359 g/mol. The topological polar surface area (TPSA) is 38.8 Å². The van der Waals surface area contributed by atoms with Gasteiger partial charge in [-0.1, -0.05) is 23.2 Å². The molecule has 2 rings (SSSR count). The summed E-state index contributed by atoms with van der Waals surface area (Å²) in [5.41, 5.74) is 2.82. The molecular formula is C20H22ClNO3. The van der Waals surface area contributed by atoms with Crippen molar-refractivity contribution in [1.29, 1.82) is 0 Å². The number of carbonyl (C=O) groups excluding carboxylic acids is 1. The van der Waals surface area contributed by atoms with Crippen molar-refractivity contribution in [1.82, 2.24) is 4.90 Å². The molecule has 0 spiro atoms. The summed E-state index contributed by atoms with van der Waals surface area (Å²) < 4.78 is 10.6. The number of ether oxygens (including phenoxy) is 2. The van der Waals surface area contributed by atoms with Crippen LogP contribution in [0.5, 0.6) is 11.5 Å². The van der Waals surface area contributed by atoms with Crippen molar-refractivity contribution in [2.75, 3.05) is 21.3 Å². The van der Waals surface area contributed by atoms with Gasteiger partial charge in [0.2, 0.25) is 5.91 Å². The van der Waals surface area contributed by atoms with Crippen LogP contribution in [0.4, 0.5) is 0 Å². The molecule has 2 aromatic carbocycles. The third-order valence-electron chi connectivity index (χ3n) is 3.82. The fraction of sp³-hybridized carbons (Fsp3) is 0.250. The molecule has 0 N–H and O–H groups in total. The number of halogens is 1. The third kappa shape index (κ3) is 5.00. The Bertz CT molecular complexity index is 787. The fourth-order valence-corrected chi connectivity index (χ4v) is 2.67. The highest BCUT2D eigenvalue weighted by molar-refractivity contribution is 6.30. The second-order valence-electron chi connectivity index (χ2n) is 5.73. The van der Waals surface area contributed by atoms with Crippen LogP contribution in [0.1, 0.15) is 16.7 Å². The lowest BCUT2D eigenvalue weighted by molar-refractivity contribution is -0.125. The first-order valence-corrected chi connectivity index (χ1v) is 8.22. The second-order valence-corrected chi connectivity index (χ2v) is 6.17. The average molecular weight is 360 g/mol. The molecule has 2 aromatic rings. The Morgan fingerprint density at radius 1 is 1.12 bits per heavy atom. The smallest absolute Gasteiger partial charge is 0.246 e. The molecule has 0 aliphatic heterocycles. The first-order chi connectivity index (χ1) is 11.9. The molecule has 1 amide bonds. The Morgan fingerprint density at radius 2 is 1.80 bits per heavy atom. The van der Waals surface area contributed by atoms with E-state index in [1.54, 1.807) is 50.4 Å². The van der Waals surface area contributed by atoms with E-state index in [0.717, 1.165) is 22.4 Å². The summed E-state index contributed by atoms with van der Waals surface area (Å²) in [7, 11) is 4.94. The molecule has 5 heteroatoms. The van der Waals surface area contributed by atoms with Crippen LogP contribution in [0.3, 0.4) is 0 Å². The molecule has 0 fully saturated rings. The molecule has 0 unspecified atom stereocenters. The number of methoxy groups -OCH3 is 2. The summed E-state index contributed by atoms with van der Waals surface area (Å²) in [6.45, 7) is 2.40. The first-order valence-electron chi connectivity index (χ1n) is 7.85. The lowest BCUT2D eigenvalue weighted by Crippen LogP contribution is -2.24. The van der Waals surface area contributed by atoms with Crippen LogP contribution in [-0.2, 0) is 11.3 Å². The molecule has 0 aliphatic carbocycles. The molecule has 4 nitrogen and oxygen atoms in total. The van der Waals surface area contributed by atoms with Crippen LogP contribution in [-0.4, -0.2) is 32.1 Å². The van der Waals surface area contributed by atoms with E-state index in [2.05, 4.69) is 0 Å². The molecule has 0 radical (unpaired) electrons. The minimum Gasteiger partial charge on any atom is -0.496 e. The predicted octanol–water partition coefficient (Wildman–Crippen LogP) is 4.34. The van der Waals surface area contributed by atoms with E-state index in [4.69, 9.17) is 21.1 Å².